The van der Waals surface area contributed by atoms with Crippen molar-refractivity contribution in [3.63, 3.8) is 0 Å². The second-order valence-electron chi connectivity index (χ2n) is 5.65. The first kappa shape index (κ1) is 28.0. The van der Waals surface area contributed by atoms with Crippen molar-refractivity contribution in [2.45, 2.75) is 28.0 Å². The van der Waals surface area contributed by atoms with Crippen LogP contribution in [0.2, 0.25) is 0 Å². The number of hydrogen-bond donors (Lipinski definition) is 5. The monoisotopic (exact) mass is 486 g/mol. The van der Waals surface area contributed by atoms with Crippen LogP contribution in [-0.4, -0.2) is 99.1 Å². The summed E-state index contributed by atoms with van der Waals surface area (Å²) in [6, 6.07) is 0. The van der Waals surface area contributed by atoms with E-state index in [1.54, 1.807) is 6.92 Å². The zero-order valence-corrected chi connectivity index (χ0v) is 20.5. The standard InChI is InChI=1S/C9H13N2O9S3.C3H6O2.Na/c1-10-7-5(11(2)3)4-6(21(12,13)14)8(22(15,16)17)9(7)23(18,19)20;1-2-3(4)5;/h10H,1-3H3,(H,12,13,14)(H,15,16,17)(H,18,19,20);2H2,1H3,(H,4,5);. The normalized spacial score (nSPS) is 12.0. The molecule has 0 aliphatic rings. The predicted octanol–water partition coefficient (Wildman–Crippen LogP) is -1.19. The number of aliphatic carboxylic acids is 1. The molecular weight excluding hydrogens is 467 g/mol. The number of carbonyl (C=O) groups is 1. The number of hydrogen-bond acceptors (Lipinski definition) is 9. The van der Waals surface area contributed by atoms with Crippen LogP contribution < -0.4 is 13.0 Å². The van der Waals surface area contributed by atoms with E-state index in [1.165, 1.54) is 26.0 Å². The minimum absolute atomic E-state index is 0.0724. The second-order valence-corrected chi connectivity index (χ2v) is 10.7. The topological polar surface area (TPSA) is 216 Å². The Bertz CT molecular complexity index is 1110. The zero-order valence-electron chi connectivity index (χ0n) is 16.0. The van der Waals surface area contributed by atoms with E-state index < -0.39 is 56.7 Å². The Balaban J connectivity index is 0.00000139. The molecule has 5 N–H and O–H groups in total. The molecule has 0 fully saturated rings. The second kappa shape index (κ2) is 9.88. The molecule has 0 bridgehead atoms. The van der Waals surface area contributed by atoms with Gasteiger partial charge in [0.1, 0.15) is 0 Å². The van der Waals surface area contributed by atoms with Gasteiger partial charge in [0, 0.05) is 6.42 Å². The van der Waals surface area contributed by atoms with Gasteiger partial charge in [-0.2, -0.15) is 0 Å². The molecule has 1 aromatic carbocycles. The van der Waals surface area contributed by atoms with Crippen LogP contribution >= 0.6 is 0 Å². The van der Waals surface area contributed by atoms with Gasteiger partial charge in [-0.25, -0.2) is 0 Å². The number of nitrogens with one attached hydrogen (secondary N) is 1. The van der Waals surface area contributed by atoms with Gasteiger partial charge >= 0.3 is 163 Å². The quantitative estimate of drug-likeness (QED) is 0.236. The van der Waals surface area contributed by atoms with Crippen molar-refractivity contribution in [3.05, 3.63) is 0 Å². The molecule has 17 heteroatoms. The van der Waals surface area contributed by atoms with Gasteiger partial charge in [0.05, 0.1) is 0 Å². The van der Waals surface area contributed by atoms with Gasteiger partial charge in [0.2, 0.25) is 0 Å². The van der Waals surface area contributed by atoms with Crippen molar-refractivity contribution in [1.82, 2.24) is 0 Å². The first-order valence-corrected chi connectivity index (χ1v) is 12.8. The zero-order chi connectivity index (χ0) is 23.5. The fraction of sp³-hybridized carbons (Fsp3) is 0.417. The molecule has 29 heavy (non-hydrogen) atoms. The van der Waals surface area contributed by atoms with Gasteiger partial charge in [-0.3, -0.25) is 4.79 Å². The average molecular weight is 486 g/mol. The molecule has 1 rings (SSSR count). The molecule has 1 aromatic rings. The van der Waals surface area contributed by atoms with Crippen molar-refractivity contribution in [2.24, 2.45) is 0 Å². The van der Waals surface area contributed by atoms with E-state index >= 15 is 0 Å². The molecule has 0 unspecified atom stereocenters. The molecule has 0 saturated carbocycles. The Morgan fingerprint density at radius 2 is 1.28 bits per heavy atom. The van der Waals surface area contributed by atoms with Crippen molar-refractivity contribution in [1.29, 1.82) is 0 Å². The molecule has 0 amide bonds. The van der Waals surface area contributed by atoms with Crippen LogP contribution in [0.1, 0.15) is 13.3 Å². The average Bonchev–Trinajstić information content (AvgIpc) is 2.50. The Kier molecular flexibility index (Phi) is 9.55. The van der Waals surface area contributed by atoms with Crippen LogP contribution in [0, 0.1) is 0 Å². The number of carboxylic acids is 1. The molecule has 0 atom stereocenters. The van der Waals surface area contributed by atoms with Crippen LogP contribution in [0.3, 0.4) is 0 Å². The summed E-state index contributed by atoms with van der Waals surface area (Å²) in [5, 5.41) is 10.1. The maximum atomic E-state index is 11.7. The summed E-state index contributed by atoms with van der Waals surface area (Å²) in [4.78, 5) is 6.38. The van der Waals surface area contributed by atoms with Crippen LogP contribution in [0.15, 0.2) is 14.7 Å². The fourth-order valence-electron chi connectivity index (χ4n) is 2.37. The third-order valence-corrected chi connectivity index (χ3v) is 7.81. The van der Waals surface area contributed by atoms with Crippen molar-refractivity contribution in [3.8, 4) is 0 Å². The molecular formula is C12H19N2NaO11S3. The van der Waals surface area contributed by atoms with Gasteiger partial charge in [0.25, 0.3) is 0 Å². The fourth-order valence-corrected chi connectivity index (χ4v) is 7.94. The first-order chi connectivity index (χ1) is 12.8. The van der Waals surface area contributed by atoms with Crippen molar-refractivity contribution in [2.75, 3.05) is 31.4 Å². The number of carboxylic acid groups (broad SMARTS) is 1. The number of benzene rings is 1. The first-order valence-electron chi connectivity index (χ1n) is 7.52. The van der Waals surface area contributed by atoms with Gasteiger partial charge in [-0.15, -0.1) is 0 Å². The molecule has 13 nitrogen and oxygen atoms in total. The van der Waals surface area contributed by atoms with E-state index in [9.17, 15) is 43.7 Å². The third-order valence-electron chi connectivity index (χ3n) is 3.35. The van der Waals surface area contributed by atoms with Gasteiger partial charge < -0.3 is 5.11 Å². The molecule has 0 heterocycles. The molecule has 0 aromatic heterocycles. The maximum absolute atomic E-state index is 11.7. The Labute approximate surface area is 185 Å². The van der Waals surface area contributed by atoms with E-state index in [4.69, 9.17) is 5.11 Å². The number of anilines is 2. The molecule has 0 radical (unpaired) electrons. The Morgan fingerprint density at radius 1 is 0.931 bits per heavy atom. The van der Waals surface area contributed by atoms with E-state index in [2.05, 4.69) is 5.32 Å². The summed E-state index contributed by atoms with van der Waals surface area (Å²) in [6.07, 6.45) is 0.222. The van der Waals surface area contributed by atoms with E-state index in [0.717, 1.165) is 0 Å². The summed E-state index contributed by atoms with van der Waals surface area (Å²) in [6.45, 7) is 1.60. The Morgan fingerprint density at radius 3 is 1.48 bits per heavy atom. The summed E-state index contributed by atoms with van der Waals surface area (Å²) >= 11 is -0.147. The summed E-state index contributed by atoms with van der Waals surface area (Å²) in [5.74, 6) is -0.745. The Hall–Kier alpha value is -0.980. The minimum atomic E-state index is -5.44. The van der Waals surface area contributed by atoms with Crippen LogP contribution in [0.4, 0.5) is 11.4 Å². The van der Waals surface area contributed by atoms with Crippen LogP contribution in [0.5, 0.6) is 0 Å². The molecule has 0 saturated heterocycles. The summed E-state index contributed by atoms with van der Waals surface area (Å²) < 4.78 is 97.9. The van der Waals surface area contributed by atoms with Gasteiger partial charge in [0.15, 0.2) is 0 Å². The van der Waals surface area contributed by atoms with Crippen LogP contribution in [-0.2, 0) is 35.1 Å². The van der Waals surface area contributed by atoms with E-state index in [-0.39, 0.29) is 42.9 Å². The van der Waals surface area contributed by atoms with E-state index in [1.807, 2.05) is 0 Å². The number of rotatable bonds is 6. The number of nitrogens with zero attached hydrogens (tertiary/aromatic N) is 1. The molecule has 0 aliphatic heterocycles. The van der Waals surface area contributed by atoms with Crippen molar-refractivity contribution >= 4 is 78.4 Å². The van der Waals surface area contributed by atoms with Gasteiger partial charge in [-0.05, 0) is 0 Å². The summed E-state index contributed by atoms with van der Waals surface area (Å²) in [5.41, 5.74) is -0.510. The molecule has 0 aliphatic carbocycles. The molecule has 162 valence electrons. The van der Waals surface area contributed by atoms with Crippen LogP contribution in [0.25, 0.3) is 0 Å². The summed E-state index contributed by atoms with van der Waals surface area (Å²) in [7, 11) is -12.0. The van der Waals surface area contributed by atoms with Gasteiger partial charge in [-0.1, -0.05) is 6.92 Å². The van der Waals surface area contributed by atoms with Crippen molar-refractivity contribution < 1.29 is 48.8 Å². The predicted molar refractivity (Wildman–Crippen MR) is 103 cm³/mol. The third kappa shape index (κ3) is 7.04. The molecule has 0 spiro atoms. The van der Waals surface area contributed by atoms with E-state index in [0.29, 0.717) is 0 Å². The SMILES string of the molecule is CCC(=O)O.CNc1c(N(C)C)[c]([Na])c(S(=O)(=O)O)c(S(=O)(=O)O)c1S(=O)(=O)O.